The lowest BCUT2D eigenvalue weighted by molar-refractivity contribution is -0.135. The van der Waals surface area contributed by atoms with Crippen LogP contribution in [0.4, 0.5) is 14.5 Å². The number of aryl methyl sites for hydroxylation is 1. The first-order valence-electron chi connectivity index (χ1n) is 19.8. The number of halogens is 2. The largest absolute Gasteiger partial charge is 0.329 e. The van der Waals surface area contributed by atoms with Crippen LogP contribution in [0, 0.1) is 11.8 Å². The predicted molar refractivity (Wildman–Crippen MR) is 211 cm³/mol. The number of anilines is 1. The molecule has 7 heterocycles. The summed E-state index contributed by atoms with van der Waals surface area (Å²) in [5, 5.41) is 15.8. The summed E-state index contributed by atoms with van der Waals surface area (Å²) in [4.78, 5) is 59.7. The van der Waals surface area contributed by atoms with E-state index in [1.54, 1.807) is 36.1 Å². The minimum absolute atomic E-state index is 0.0162. The van der Waals surface area contributed by atoms with Crippen LogP contribution in [-0.2, 0) is 16.6 Å². The van der Waals surface area contributed by atoms with Gasteiger partial charge in [0.2, 0.25) is 11.8 Å². The Morgan fingerprint density at radius 2 is 1.81 bits per heavy atom. The molecule has 5 aromatic rings. The number of alkyl halides is 2. The van der Waals surface area contributed by atoms with Gasteiger partial charge >= 0.3 is 5.69 Å². The van der Waals surface area contributed by atoms with E-state index < -0.39 is 30.0 Å². The Balaban J connectivity index is 0.765. The molecule has 0 bridgehead atoms. The number of unbranched alkanes of at least 4 members (excludes halogenated alkanes) is 3. The number of likely N-dealkylation sites (tertiary alicyclic amines) is 2. The van der Waals surface area contributed by atoms with Crippen LogP contribution in [0.25, 0.3) is 22.4 Å². The van der Waals surface area contributed by atoms with Gasteiger partial charge in [-0.05, 0) is 82.1 Å². The normalized spacial score (nSPS) is 18.3. The second-order valence-corrected chi connectivity index (χ2v) is 15.2. The highest BCUT2D eigenvalue weighted by Gasteiger charge is 2.37. The van der Waals surface area contributed by atoms with E-state index in [4.69, 9.17) is 0 Å². The van der Waals surface area contributed by atoms with Crippen molar-refractivity contribution in [3.63, 3.8) is 0 Å². The van der Waals surface area contributed by atoms with E-state index in [1.165, 1.54) is 21.4 Å². The molecule has 0 aliphatic carbocycles. The number of rotatable bonds is 12. The summed E-state index contributed by atoms with van der Waals surface area (Å²) in [7, 11) is 1.68. The van der Waals surface area contributed by atoms with Crippen molar-refractivity contribution in [2.45, 2.75) is 75.9 Å². The number of carbonyl (C=O) groups is 3. The van der Waals surface area contributed by atoms with Gasteiger partial charge in [-0.25, -0.2) is 18.6 Å². The van der Waals surface area contributed by atoms with Crippen molar-refractivity contribution in [2.24, 2.45) is 7.05 Å². The summed E-state index contributed by atoms with van der Waals surface area (Å²) >= 11 is 0. The molecule has 3 fully saturated rings. The summed E-state index contributed by atoms with van der Waals surface area (Å²) in [5.74, 6) is 5.14. The Bertz CT molecular complexity index is 2430. The number of fused-ring (bicyclic) bond motifs is 1. The van der Waals surface area contributed by atoms with E-state index in [0.29, 0.717) is 41.6 Å². The molecule has 3 aliphatic heterocycles. The maximum atomic E-state index is 14.0. The van der Waals surface area contributed by atoms with Crippen LogP contribution in [0.15, 0.2) is 59.7 Å². The van der Waals surface area contributed by atoms with Gasteiger partial charge in [-0.3, -0.25) is 43.5 Å². The first kappa shape index (κ1) is 38.9. The van der Waals surface area contributed by atoms with E-state index >= 15 is 0 Å². The Kier molecular flexibility index (Phi) is 11.3. The number of benzene rings is 1. The van der Waals surface area contributed by atoms with Crippen LogP contribution >= 0.6 is 0 Å². The molecule has 3 aliphatic rings. The van der Waals surface area contributed by atoms with Crippen molar-refractivity contribution in [1.29, 1.82) is 0 Å². The summed E-state index contributed by atoms with van der Waals surface area (Å²) in [6.45, 7) is 4.48. The molecule has 0 radical (unpaired) electrons. The average molecular weight is 794 g/mol. The summed E-state index contributed by atoms with van der Waals surface area (Å²) in [6, 6.07) is 11.8. The third kappa shape index (κ3) is 8.07. The van der Waals surface area contributed by atoms with Gasteiger partial charge in [-0.2, -0.15) is 10.2 Å². The fraction of sp³-hybridized carbons (Fsp3) is 0.439. The molecule has 58 heavy (non-hydrogen) atoms. The second kappa shape index (κ2) is 16.9. The van der Waals surface area contributed by atoms with Gasteiger partial charge in [0.15, 0.2) is 5.69 Å². The zero-order valence-electron chi connectivity index (χ0n) is 32.2. The number of amides is 3. The molecule has 1 atom stereocenters. The van der Waals surface area contributed by atoms with Crippen LogP contribution in [0.2, 0.25) is 0 Å². The monoisotopic (exact) mass is 793 g/mol. The Hall–Kier alpha value is -5.99. The van der Waals surface area contributed by atoms with Gasteiger partial charge in [-0.15, -0.1) is 0 Å². The molecule has 302 valence electrons. The number of H-pyrrole nitrogens is 1. The van der Waals surface area contributed by atoms with Crippen LogP contribution < -0.4 is 16.3 Å². The number of aromatic nitrogens is 7. The second-order valence-electron chi connectivity index (χ2n) is 15.2. The van der Waals surface area contributed by atoms with Gasteiger partial charge in [0.1, 0.15) is 11.7 Å². The molecule has 8 rings (SSSR count). The topological polar surface area (TPSA) is 168 Å². The lowest BCUT2D eigenvalue weighted by Gasteiger charge is -2.47. The van der Waals surface area contributed by atoms with Crippen LogP contribution in [0.5, 0.6) is 0 Å². The number of imidazole rings is 1. The number of carbonyl (C=O) groups excluding carboxylic acids is 3. The van der Waals surface area contributed by atoms with E-state index in [0.717, 1.165) is 63.7 Å². The Morgan fingerprint density at radius 1 is 1.00 bits per heavy atom. The fourth-order valence-electron chi connectivity index (χ4n) is 8.26. The quantitative estimate of drug-likeness (QED) is 0.0942. The smallest absolute Gasteiger partial charge is 0.318 e. The molecule has 3 saturated heterocycles. The van der Waals surface area contributed by atoms with Gasteiger partial charge in [0.25, 0.3) is 12.3 Å². The van der Waals surface area contributed by atoms with Crippen LogP contribution in [-0.4, -0.2) is 100 Å². The van der Waals surface area contributed by atoms with Gasteiger partial charge in [0, 0.05) is 51.4 Å². The summed E-state index contributed by atoms with van der Waals surface area (Å²) in [5.41, 5.74) is 2.51. The van der Waals surface area contributed by atoms with Crippen molar-refractivity contribution in [2.75, 3.05) is 38.0 Å². The Labute approximate surface area is 332 Å². The average Bonchev–Trinajstić information content (AvgIpc) is 3.94. The van der Waals surface area contributed by atoms with Gasteiger partial charge in [-0.1, -0.05) is 30.4 Å². The number of hydrogen-bond acceptors (Lipinski definition) is 9. The molecule has 4 aromatic heterocycles. The SMILES string of the molecule is Cn1c(=O)n(C2CCC(=O)NC2=O)c2cccc(C#CCCCCCN3CCC(N4CC(n5cc(NC(=O)c6cccc(-c7ccn[nH]7)n6)c(C(F)F)n5)C4)CC3)c21. The highest BCUT2D eigenvalue weighted by Crippen LogP contribution is 2.33. The molecule has 17 heteroatoms. The third-order valence-electron chi connectivity index (χ3n) is 11.4. The number of nitrogens with zero attached hydrogens (tertiary/aromatic N) is 8. The van der Waals surface area contributed by atoms with E-state index in [2.05, 4.69) is 52.6 Å². The molecule has 1 aromatic carbocycles. The first-order chi connectivity index (χ1) is 28.1. The number of aromatic amines is 1. The molecular weight excluding hydrogens is 749 g/mol. The molecule has 15 nitrogen and oxygen atoms in total. The molecule has 1 unspecified atom stereocenters. The number of pyridine rings is 1. The van der Waals surface area contributed by atoms with Gasteiger partial charge < -0.3 is 10.2 Å². The van der Waals surface area contributed by atoms with E-state index in [1.807, 2.05) is 18.2 Å². The minimum atomic E-state index is -2.85. The summed E-state index contributed by atoms with van der Waals surface area (Å²) < 4.78 is 32.6. The summed E-state index contributed by atoms with van der Waals surface area (Å²) in [6.07, 6.45) is 6.63. The van der Waals surface area contributed by atoms with Crippen molar-refractivity contribution < 1.29 is 23.2 Å². The fourth-order valence-corrected chi connectivity index (χ4v) is 8.26. The third-order valence-corrected chi connectivity index (χ3v) is 11.4. The van der Waals surface area contributed by atoms with E-state index in [-0.39, 0.29) is 41.9 Å². The zero-order chi connectivity index (χ0) is 40.3. The molecule has 0 saturated carbocycles. The van der Waals surface area contributed by atoms with Crippen molar-refractivity contribution >= 4 is 34.4 Å². The first-order valence-corrected chi connectivity index (χ1v) is 19.8. The zero-order valence-corrected chi connectivity index (χ0v) is 32.2. The van der Waals surface area contributed by atoms with Crippen molar-refractivity contribution in [1.82, 2.24) is 49.2 Å². The number of piperidine rings is 2. The number of nitrogens with one attached hydrogen (secondary N) is 3. The van der Waals surface area contributed by atoms with E-state index in [9.17, 15) is 28.0 Å². The van der Waals surface area contributed by atoms with Crippen LogP contribution in [0.3, 0.4) is 0 Å². The van der Waals surface area contributed by atoms with Crippen LogP contribution in [0.1, 0.15) is 91.6 Å². The maximum absolute atomic E-state index is 14.0. The maximum Gasteiger partial charge on any atom is 0.329 e. The highest BCUT2D eigenvalue weighted by molar-refractivity contribution is 6.03. The number of para-hydroxylation sites is 1. The Morgan fingerprint density at radius 3 is 2.57 bits per heavy atom. The molecule has 3 N–H and O–H groups in total. The molecule has 0 spiro atoms. The lowest BCUT2D eigenvalue weighted by atomic mass is 9.97. The number of hydrogen-bond donors (Lipinski definition) is 3. The van der Waals surface area contributed by atoms with Crippen molar-refractivity contribution in [3.05, 3.63) is 82.3 Å². The molecular formula is C41H45F2N11O4. The van der Waals surface area contributed by atoms with Crippen molar-refractivity contribution in [3.8, 4) is 23.2 Å². The lowest BCUT2D eigenvalue weighted by Crippen LogP contribution is -2.55. The molecule has 3 amide bonds. The van der Waals surface area contributed by atoms with Gasteiger partial charge in [0.05, 0.1) is 39.7 Å². The standard InChI is InChI=1S/C41H45F2N11O4/c1-50-37-26(10-7-13-33(37)54(41(50)58)34-14-15-35(55)47-40(34)57)9-5-3-2-4-6-20-51-21-17-27(18-22-51)52-23-28(24-52)53-25-32(36(49-53)38(42)43)46-39(56)31-12-8-11-29(45-31)30-16-19-44-48-30/h7-8,10-13,16,19,25,27-28,34,38H,2-4,6,14-15,17-18,20-24H2,1H3,(H,44,48)(H,46,56)(H,47,55,57). The predicted octanol–water partition coefficient (Wildman–Crippen LogP) is 4.42. The number of imide groups is 1. The minimum Gasteiger partial charge on any atom is -0.318 e. The highest BCUT2D eigenvalue weighted by atomic mass is 19.3.